The van der Waals surface area contributed by atoms with E-state index in [2.05, 4.69) is 24.8 Å². The van der Waals surface area contributed by atoms with Gasteiger partial charge in [0.05, 0.1) is 12.4 Å². The van der Waals surface area contributed by atoms with E-state index in [9.17, 15) is 13.9 Å². The van der Waals surface area contributed by atoms with Crippen molar-refractivity contribution in [2.45, 2.75) is 24.0 Å². The summed E-state index contributed by atoms with van der Waals surface area (Å²) >= 11 is 1.48. The summed E-state index contributed by atoms with van der Waals surface area (Å²) < 4.78 is 27.1. The fourth-order valence-corrected chi connectivity index (χ4v) is 5.31. The lowest BCUT2D eigenvalue weighted by Crippen LogP contribution is -2.38. The molecule has 10 heteroatoms. The maximum atomic E-state index is 13.5. The van der Waals surface area contributed by atoms with Gasteiger partial charge < -0.3 is 20.5 Å². The number of nitrogens with zero attached hydrogens (tertiary/aromatic N) is 4. The molecule has 0 spiro atoms. The van der Waals surface area contributed by atoms with E-state index >= 15 is 0 Å². The number of piperidine rings is 1. The summed E-state index contributed by atoms with van der Waals surface area (Å²) in [4.78, 5) is 17.9. The van der Waals surface area contributed by atoms with Crippen LogP contribution in [0.5, 0.6) is 0 Å². The number of β-amino-alcohol motifs (C(OH)–C–C–N with tert-alkyl or cyclic N) is 1. The Bertz CT molecular complexity index is 1270. The van der Waals surface area contributed by atoms with E-state index in [-0.39, 0.29) is 17.1 Å². The highest BCUT2D eigenvalue weighted by Crippen LogP contribution is 2.33. The normalized spacial score (nSPS) is 15.0. The Balaban J connectivity index is 0.00000304. The maximum absolute atomic E-state index is 13.5. The summed E-state index contributed by atoms with van der Waals surface area (Å²) in [5, 5.41) is 11.4. The van der Waals surface area contributed by atoms with E-state index in [4.69, 9.17) is 0 Å². The predicted octanol–water partition coefficient (Wildman–Crippen LogP) is 3.86. The molecule has 0 amide bonds. The Morgan fingerprint density at radius 2 is 1.56 bits per heavy atom. The highest BCUT2D eigenvalue weighted by Gasteiger charge is 2.21. The fraction of sp³-hybridized carbons (Fsp3) is 0.269. The van der Waals surface area contributed by atoms with Gasteiger partial charge in [-0.2, -0.15) is 0 Å². The molecule has 1 aliphatic rings. The van der Waals surface area contributed by atoms with Crippen molar-refractivity contribution in [3.63, 3.8) is 0 Å². The first-order chi connectivity index (χ1) is 17.1. The standard InChI is InChI=1S/C26H25F2N5OS.H2O/c27-20-5-1-17(2-6-20)23(18-3-7-21(28)8-4-18)19-9-11-33(12-10-19)13-22(34)14-35-26-24-25(30-15-29-24)31-16-32-26;/h1-8,15-16,22,34H,9-14H2,(H,29,30,31,32);1H2. The number of halogens is 2. The molecule has 7 nitrogen and oxygen atoms in total. The first kappa shape index (κ1) is 25.9. The van der Waals surface area contributed by atoms with Crippen LogP contribution >= 0.6 is 11.8 Å². The number of nitrogens with one attached hydrogen (secondary N) is 1. The molecule has 5 rings (SSSR count). The van der Waals surface area contributed by atoms with E-state index < -0.39 is 6.10 Å². The number of thioether (sulfide) groups is 1. The van der Waals surface area contributed by atoms with Gasteiger partial charge in [-0.15, -0.1) is 11.8 Å². The summed E-state index contributed by atoms with van der Waals surface area (Å²) in [5.74, 6) is -0.0518. The van der Waals surface area contributed by atoms with Crippen LogP contribution in [0.1, 0.15) is 24.0 Å². The van der Waals surface area contributed by atoms with Crippen LogP contribution in [0.4, 0.5) is 8.78 Å². The SMILES string of the molecule is O.OC(CSc1ncnc2nc[nH]c12)CN1CCC(=C(c2ccc(F)cc2)c2ccc(F)cc2)CC1. The van der Waals surface area contributed by atoms with Crippen LogP contribution in [0.15, 0.2) is 71.8 Å². The van der Waals surface area contributed by atoms with Crippen LogP contribution in [0.25, 0.3) is 16.7 Å². The Morgan fingerprint density at radius 3 is 2.17 bits per heavy atom. The van der Waals surface area contributed by atoms with Gasteiger partial charge in [-0.3, -0.25) is 0 Å². The van der Waals surface area contributed by atoms with Gasteiger partial charge >= 0.3 is 0 Å². The average molecular weight is 512 g/mol. The third kappa shape index (κ3) is 5.96. The smallest absolute Gasteiger partial charge is 0.181 e. The molecule has 4 N–H and O–H groups in total. The molecule has 1 aliphatic heterocycles. The number of benzene rings is 2. The van der Waals surface area contributed by atoms with E-state index in [0.29, 0.717) is 17.9 Å². The maximum Gasteiger partial charge on any atom is 0.181 e. The fourth-order valence-electron chi connectivity index (χ4n) is 4.44. The lowest BCUT2D eigenvalue weighted by Gasteiger charge is -2.31. The zero-order valence-electron chi connectivity index (χ0n) is 19.5. The van der Waals surface area contributed by atoms with Gasteiger partial charge in [0.25, 0.3) is 0 Å². The number of hydrogen-bond donors (Lipinski definition) is 2. The predicted molar refractivity (Wildman–Crippen MR) is 137 cm³/mol. The van der Waals surface area contributed by atoms with Crippen molar-refractivity contribution in [2.24, 2.45) is 0 Å². The largest absolute Gasteiger partial charge is 0.412 e. The Hall–Kier alpha value is -3.18. The molecule has 1 fully saturated rings. The van der Waals surface area contributed by atoms with Gasteiger partial charge in [-0.1, -0.05) is 29.8 Å². The minimum Gasteiger partial charge on any atom is -0.412 e. The Morgan fingerprint density at radius 1 is 0.944 bits per heavy atom. The van der Waals surface area contributed by atoms with Gasteiger partial charge in [-0.05, 0) is 53.8 Å². The van der Waals surface area contributed by atoms with E-state index in [1.165, 1.54) is 47.9 Å². The highest BCUT2D eigenvalue weighted by molar-refractivity contribution is 7.99. The minimum atomic E-state index is -0.507. The Labute approximate surface area is 211 Å². The van der Waals surface area contributed by atoms with Gasteiger partial charge in [0, 0.05) is 25.4 Å². The van der Waals surface area contributed by atoms with Gasteiger partial charge in [0.1, 0.15) is 28.5 Å². The average Bonchev–Trinajstić information content (AvgIpc) is 3.36. The first-order valence-corrected chi connectivity index (χ1v) is 12.5. The minimum absolute atomic E-state index is 0. The third-order valence-corrected chi connectivity index (χ3v) is 7.28. The van der Waals surface area contributed by atoms with Crippen LogP contribution < -0.4 is 0 Å². The van der Waals surface area contributed by atoms with Crippen molar-refractivity contribution in [2.75, 3.05) is 25.4 Å². The lowest BCUT2D eigenvalue weighted by atomic mass is 9.88. The highest BCUT2D eigenvalue weighted by atomic mass is 32.2. The molecular weight excluding hydrogens is 484 g/mol. The van der Waals surface area contributed by atoms with Crippen molar-refractivity contribution < 1.29 is 19.4 Å². The van der Waals surface area contributed by atoms with Crippen molar-refractivity contribution in [1.82, 2.24) is 24.8 Å². The molecule has 3 heterocycles. The van der Waals surface area contributed by atoms with E-state index in [1.807, 2.05) is 0 Å². The van der Waals surface area contributed by atoms with Crippen LogP contribution in [-0.2, 0) is 0 Å². The molecule has 2 aromatic carbocycles. The van der Waals surface area contributed by atoms with Crippen LogP contribution in [0.3, 0.4) is 0 Å². The Kier molecular flexibility index (Phi) is 8.42. The first-order valence-electron chi connectivity index (χ1n) is 11.5. The molecule has 1 saturated heterocycles. The molecule has 0 radical (unpaired) electrons. The molecule has 0 saturated carbocycles. The van der Waals surface area contributed by atoms with Gasteiger partial charge in [0.2, 0.25) is 0 Å². The molecule has 36 heavy (non-hydrogen) atoms. The van der Waals surface area contributed by atoms with Gasteiger partial charge in [0.15, 0.2) is 5.65 Å². The molecule has 0 bridgehead atoms. The van der Waals surface area contributed by atoms with Crippen molar-refractivity contribution >= 4 is 28.5 Å². The number of hydrogen-bond acceptors (Lipinski definition) is 6. The molecule has 4 aromatic rings. The molecule has 0 aliphatic carbocycles. The third-order valence-electron chi connectivity index (χ3n) is 6.15. The summed E-state index contributed by atoms with van der Waals surface area (Å²) in [5.41, 5.74) is 5.54. The topological polar surface area (TPSA) is 109 Å². The number of aromatic nitrogens is 4. The van der Waals surface area contributed by atoms with Crippen LogP contribution in [0, 0.1) is 11.6 Å². The molecule has 188 valence electrons. The number of fused-ring (bicyclic) bond motifs is 1. The number of aliphatic hydroxyl groups is 1. The van der Waals surface area contributed by atoms with Crippen LogP contribution in [-0.4, -0.2) is 66.9 Å². The summed E-state index contributed by atoms with van der Waals surface area (Å²) in [7, 11) is 0. The molecule has 1 unspecified atom stereocenters. The van der Waals surface area contributed by atoms with Crippen LogP contribution in [0.2, 0.25) is 0 Å². The van der Waals surface area contributed by atoms with Crippen molar-refractivity contribution in [3.05, 3.63) is 89.5 Å². The zero-order chi connectivity index (χ0) is 24.2. The van der Waals surface area contributed by atoms with Gasteiger partial charge in [-0.25, -0.2) is 23.7 Å². The van der Waals surface area contributed by atoms with Crippen molar-refractivity contribution in [3.8, 4) is 0 Å². The second-order valence-corrected chi connectivity index (χ2v) is 9.55. The summed E-state index contributed by atoms with van der Waals surface area (Å²) in [6.45, 7) is 2.18. The second kappa shape index (κ2) is 11.7. The second-order valence-electron chi connectivity index (χ2n) is 8.54. The van der Waals surface area contributed by atoms with E-state index in [0.717, 1.165) is 53.2 Å². The molecule has 2 aromatic heterocycles. The zero-order valence-corrected chi connectivity index (χ0v) is 20.3. The number of rotatable bonds is 7. The quantitative estimate of drug-likeness (QED) is 0.288. The number of aromatic amines is 1. The number of likely N-dealkylation sites (tertiary alicyclic amines) is 1. The van der Waals surface area contributed by atoms with E-state index in [1.54, 1.807) is 30.6 Å². The molecule has 1 atom stereocenters. The number of imidazole rings is 1. The number of aliphatic hydroxyl groups excluding tert-OH is 1. The summed E-state index contributed by atoms with van der Waals surface area (Å²) in [6, 6.07) is 12.9. The number of H-pyrrole nitrogens is 1. The molecular formula is C26H27F2N5O2S. The lowest BCUT2D eigenvalue weighted by molar-refractivity contribution is 0.125. The monoisotopic (exact) mass is 511 g/mol. The summed E-state index contributed by atoms with van der Waals surface area (Å²) in [6.07, 6.45) is 4.21. The van der Waals surface area contributed by atoms with Crippen molar-refractivity contribution in [1.29, 1.82) is 0 Å².